The molecule has 2 nitrogen and oxygen atoms in total. The lowest BCUT2D eigenvalue weighted by molar-refractivity contribution is -0.144. The Morgan fingerprint density at radius 1 is 1.20 bits per heavy atom. The maximum atomic E-state index is 10.6. The standard InChI is InChI=1S/C5H10O2S3/c6-4(7)5(1-8,2-9)3-10/h8-10H,1-3H2,(H,6,7). The van der Waals surface area contributed by atoms with E-state index < -0.39 is 11.4 Å². The third-order valence-corrected chi connectivity index (χ3v) is 3.18. The van der Waals surface area contributed by atoms with Crippen molar-refractivity contribution in [1.82, 2.24) is 0 Å². The summed E-state index contributed by atoms with van der Waals surface area (Å²) >= 11 is 11.8. The third-order valence-electron chi connectivity index (χ3n) is 1.36. The molecule has 0 aromatic heterocycles. The summed E-state index contributed by atoms with van der Waals surface area (Å²) in [6.07, 6.45) is 0. The lowest BCUT2D eigenvalue weighted by Gasteiger charge is -2.22. The number of rotatable bonds is 4. The monoisotopic (exact) mass is 198 g/mol. The second-order valence-electron chi connectivity index (χ2n) is 2.06. The molecule has 0 heterocycles. The van der Waals surface area contributed by atoms with E-state index in [9.17, 15) is 4.79 Å². The normalized spacial score (nSPS) is 11.5. The summed E-state index contributed by atoms with van der Waals surface area (Å²) < 4.78 is 0. The fourth-order valence-electron chi connectivity index (χ4n) is 0.353. The van der Waals surface area contributed by atoms with Crippen LogP contribution in [0.2, 0.25) is 0 Å². The topological polar surface area (TPSA) is 37.3 Å². The van der Waals surface area contributed by atoms with Crippen molar-refractivity contribution in [2.75, 3.05) is 17.3 Å². The fraction of sp³-hybridized carbons (Fsp3) is 0.800. The van der Waals surface area contributed by atoms with Gasteiger partial charge in [-0.1, -0.05) is 0 Å². The first-order chi connectivity index (χ1) is 4.63. The molecular weight excluding hydrogens is 188 g/mol. The van der Waals surface area contributed by atoms with Crippen molar-refractivity contribution in [2.24, 2.45) is 5.41 Å². The Hall–Kier alpha value is 0.520. The third kappa shape index (κ3) is 2.00. The summed E-state index contributed by atoms with van der Waals surface area (Å²) in [6, 6.07) is 0. The maximum Gasteiger partial charge on any atom is 0.312 e. The minimum Gasteiger partial charge on any atom is -0.481 e. The van der Waals surface area contributed by atoms with Gasteiger partial charge in [-0.05, 0) is 0 Å². The maximum absolute atomic E-state index is 10.6. The SMILES string of the molecule is O=C(O)C(CS)(CS)CS. The summed E-state index contributed by atoms with van der Waals surface area (Å²) in [5.74, 6) is -0.0625. The van der Waals surface area contributed by atoms with Gasteiger partial charge in [0.1, 0.15) is 0 Å². The van der Waals surface area contributed by atoms with Gasteiger partial charge in [-0.25, -0.2) is 0 Å². The minimum atomic E-state index is -0.882. The van der Waals surface area contributed by atoms with Gasteiger partial charge in [0.15, 0.2) is 0 Å². The molecular formula is C5H10O2S3. The highest BCUT2D eigenvalue weighted by molar-refractivity contribution is 7.82. The summed E-state index contributed by atoms with van der Waals surface area (Å²) in [5, 5.41) is 8.68. The van der Waals surface area contributed by atoms with Crippen LogP contribution in [0.3, 0.4) is 0 Å². The number of thiol groups is 3. The second kappa shape index (κ2) is 4.41. The van der Waals surface area contributed by atoms with Crippen molar-refractivity contribution in [3.8, 4) is 0 Å². The van der Waals surface area contributed by atoms with E-state index in [0.717, 1.165) is 0 Å². The lowest BCUT2D eigenvalue weighted by atomic mass is 9.96. The summed E-state index contributed by atoms with van der Waals surface area (Å²) in [6.45, 7) is 0. The summed E-state index contributed by atoms with van der Waals surface area (Å²) in [5.41, 5.74) is -0.866. The van der Waals surface area contributed by atoms with Gasteiger partial charge in [0, 0.05) is 17.3 Å². The van der Waals surface area contributed by atoms with Gasteiger partial charge in [-0.2, -0.15) is 37.9 Å². The zero-order valence-corrected chi connectivity index (χ0v) is 8.00. The Morgan fingerprint density at radius 2 is 1.50 bits per heavy atom. The highest BCUT2D eigenvalue weighted by Gasteiger charge is 2.34. The van der Waals surface area contributed by atoms with E-state index >= 15 is 0 Å². The second-order valence-corrected chi connectivity index (χ2v) is 3.01. The Balaban J connectivity index is 4.31. The zero-order chi connectivity index (χ0) is 8.20. The van der Waals surface area contributed by atoms with E-state index in [4.69, 9.17) is 5.11 Å². The molecule has 0 fully saturated rings. The molecule has 0 aromatic carbocycles. The first-order valence-electron chi connectivity index (χ1n) is 2.69. The number of hydrogen-bond donors (Lipinski definition) is 4. The predicted octanol–water partition coefficient (Wildman–Crippen LogP) is 0.847. The van der Waals surface area contributed by atoms with Gasteiger partial charge in [0.25, 0.3) is 0 Å². The zero-order valence-electron chi connectivity index (χ0n) is 5.32. The number of aliphatic carboxylic acids is 1. The number of carboxylic acids is 1. The largest absolute Gasteiger partial charge is 0.481 e. The molecule has 0 aliphatic rings. The molecule has 0 saturated carbocycles. The molecule has 0 radical (unpaired) electrons. The highest BCUT2D eigenvalue weighted by atomic mass is 32.1. The van der Waals surface area contributed by atoms with Gasteiger partial charge in [-0.15, -0.1) is 0 Å². The molecule has 5 heteroatoms. The van der Waals surface area contributed by atoms with E-state index in [2.05, 4.69) is 37.9 Å². The molecule has 0 aliphatic heterocycles. The van der Waals surface area contributed by atoms with Crippen LogP contribution in [0.25, 0.3) is 0 Å². The number of carboxylic acid groups (broad SMARTS) is 1. The number of carbonyl (C=O) groups is 1. The van der Waals surface area contributed by atoms with Crippen molar-refractivity contribution in [2.45, 2.75) is 0 Å². The molecule has 0 aliphatic carbocycles. The van der Waals surface area contributed by atoms with Crippen LogP contribution in [0, 0.1) is 5.41 Å². The summed E-state index contributed by atoms with van der Waals surface area (Å²) in [7, 11) is 0. The Kier molecular flexibility index (Phi) is 4.64. The molecule has 0 amide bonds. The van der Waals surface area contributed by atoms with Crippen LogP contribution < -0.4 is 0 Å². The number of hydrogen-bond acceptors (Lipinski definition) is 4. The molecule has 1 N–H and O–H groups in total. The fourth-order valence-corrected chi connectivity index (χ4v) is 1.96. The Bertz CT molecular complexity index is 114. The molecule has 0 rings (SSSR count). The van der Waals surface area contributed by atoms with Gasteiger partial charge >= 0.3 is 5.97 Å². The van der Waals surface area contributed by atoms with Crippen LogP contribution in [0.15, 0.2) is 0 Å². The predicted molar refractivity (Wildman–Crippen MR) is 51.6 cm³/mol. The van der Waals surface area contributed by atoms with E-state index in [0.29, 0.717) is 0 Å². The van der Waals surface area contributed by atoms with Crippen LogP contribution in [-0.4, -0.2) is 28.3 Å². The average Bonchev–Trinajstić information content (AvgIpc) is 1.92. The first-order valence-corrected chi connectivity index (χ1v) is 4.58. The van der Waals surface area contributed by atoms with Crippen LogP contribution in [0.1, 0.15) is 0 Å². The van der Waals surface area contributed by atoms with Crippen LogP contribution in [-0.2, 0) is 4.79 Å². The van der Waals surface area contributed by atoms with Gasteiger partial charge in [0.2, 0.25) is 0 Å². The minimum absolute atomic E-state index is 0.273. The highest BCUT2D eigenvalue weighted by Crippen LogP contribution is 2.22. The van der Waals surface area contributed by atoms with Crippen LogP contribution in [0.4, 0.5) is 0 Å². The lowest BCUT2D eigenvalue weighted by Crippen LogP contribution is -2.36. The molecule has 0 bridgehead atoms. The quantitative estimate of drug-likeness (QED) is 0.506. The van der Waals surface area contributed by atoms with E-state index in [1.165, 1.54) is 0 Å². The summed E-state index contributed by atoms with van der Waals surface area (Å²) in [4.78, 5) is 10.6. The van der Waals surface area contributed by atoms with Crippen molar-refractivity contribution < 1.29 is 9.90 Å². The van der Waals surface area contributed by atoms with E-state index in [1.807, 2.05) is 0 Å². The Morgan fingerprint density at radius 3 is 1.50 bits per heavy atom. The average molecular weight is 198 g/mol. The van der Waals surface area contributed by atoms with Crippen LogP contribution >= 0.6 is 37.9 Å². The molecule has 0 aromatic rings. The van der Waals surface area contributed by atoms with E-state index in [1.54, 1.807) is 0 Å². The van der Waals surface area contributed by atoms with Crippen LogP contribution in [0.5, 0.6) is 0 Å². The van der Waals surface area contributed by atoms with Gasteiger partial charge in [-0.3, -0.25) is 4.79 Å². The molecule has 10 heavy (non-hydrogen) atoms. The Labute approximate surface area is 76.6 Å². The van der Waals surface area contributed by atoms with Crippen molar-refractivity contribution in [3.05, 3.63) is 0 Å². The first kappa shape index (κ1) is 10.5. The van der Waals surface area contributed by atoms with Crippen molar-refractivity contribution in [1.29, 1.82) is 0 Å². The van der Waals surface area contributed by atoms with E-state index in [-0.39, 0.29) is 17.3 Å². The van der Waals surface area contributed by atoms with Crippen molar-refractivity contribution in [3.63, 3.8) is 0 Å². The molecule has 0 spiro atoms. The molecule has 60 valence electrons. The van der Waals surface area contributed by atoms with Gasteiger partial charge < -0.3 is 5.11 Å². The molecule has 0 unspecified atom stereocenters. The molecule has 0 saturated heterocycles. The van der Waals surface area contributed by atoms with Crippen molar-refractivity contribution >= 4 is 43.9 Å². The molecule has 0 atom stereocenters. The van der Waals surface area contributed by atoms with Gasteiger partial charge in [0.05, 0.1) is 5.41 Å². The smallest absolute Gasteiger partial charge is 0.312 e.